The Bertz CT molecular complexity index is 691. The minimum atomic E-state index is -0.865. The second-order valence-electron chi connectivity index (χ2n) is 5.33. The van der Waals surface area contributed by atoms with Crippen molar-refractivity contribution in [2.75, 3.05) is 6.61 Å². The van der Waals surface area contributed by atoms with E-state index in [1.807, 2.05) is 0 Å². The number of β-lactam (4-membered cyclic amide) rings is 1. The van der Waals surface area contributed by atoms with Crippen molar-refractivity contribution in [3.8, 4) is 0 Å². The molecule has 1 saturated heterocycles. The number of benzene rings is 1. The molecule has 2 unspecified atom stereocenters. The van der Waals surface area contributed by atoms with Crippen LogP contribution < -0.4 is 10.6 Å². The van der Waals surface area contributed by atoms with Gasteiger partial charge in [0.25, 0.3) is 5.69 Å². The summed E-state index contributed by atoms with van der Waals surface area (Å²) in [6.45, 7) is 1.09. The fourth-order valence-corrected chi connectivity index (χ4v) is 2.30. The Morgan fingerprint density at radius 3 is 2.68 bits per heavy atom. The van der Waals surface area contributed by atoms with Gasteiger partial charge in [-0.2, -0.15) is 0 Å². The van der Waals surface area contributed by atoms with Crippen LogP contribution in [0.15, 0.2) is 24.3 Å². The fourth-order valence-electron chi connectivity index (χ4n) is 2.30. The van der Waals surface area contributed by atoms with Gasteiger partial charge in [-0.25, -0.2) is 4.79 Å². The number of carbonyl (C=O) groups is 3. The highest BCUT2D eigenvalue weighted by atomic mass is 16.6. The van der Waals surface area contributed by atoms with Crippen LogP contribution >= 0.6 is 0 Å². The number of alkyl carbamates (subject to hydrolysis) is 1. The summed E-state index contributed by atoms with van der Waals surface area (Å²) in [5.74, 6) is -0.811. The number of hydrogen-bond acceptors (Lipinski definition) is 7. The standard InChI is InChI=1S/C15H17N3O7/c1-9(19)24-7-6-11-13(14(20)16-11)17-15(21)25-8-10-4-2-3-5-12(10)18(22)23/h2-5,11,13H,6-8H2,1H3,(H,16,20)(H,17,21). The molecule has 0 aromatic heterocycles. The molecule has 1 aliphatic rings. The average molecular weight is 351 g/mol. The Hall–Kier alpha value is -3.17. The van der Waals surface area contributed by atoms with Gasteiger partial charge in [-0.3, -0.25) is 19.7 Å². The van der Waals surface area contributed by atoms with Crippen molar-refractivity contribution in [1.82, 2.24) is 10.6 Å². The Morgan fingerprint density at radius 1 is 1.32 bits per heavy atom. The highest BCUT2D eigenvalue weighted by molar-refractivity contribution is 5.92. The summed E-state index contributed by atoms with van der Waals surface area (Å²) in [5, 5.41) is 15.9. The monoisotopic (exact) mass is 351 g/mol. The van der Waals surface area contributed by atoms with Gasteiger partial charge >= 0.3 is 12.1 Å². The normalized spacial score (nSPS) is 18.5. The first-order valence-corrected chi connectivity index (χ1v) is 7.48. The molecule has 0 bridgehead atoms. The summed E-state index contributed by atoms with van der Waals surface area (Å²) >= 11 is 0. The Balaban J connectivity index is 1.82. The van der Waals surface area contributed by atoms with Crippen LogP contribution in [0.3, 0.4) is 0 Å². The summed E-state index contributed by atoms with van der Waals surface area (Å²) in [5.41, 5.74) is 0.0862. The lowest BCUT2D eigenvalue weighted by Crippen LogP contribution is -2.69. The zero-order valence-corrected chi connectivity index (χ0v) is 13.4. The van der Waals surface area contributed by atoms with Gasteiger partial charge < -0.3 is 20.1 Å². The third kappa shape index (κ3) is 4.90. The number of hydrogen-bond donors (Lipinski definition) is 2. The first kappa shape index (κ1) is 18.2. The topological polar surface area (TPSA) is 137 Å². The van der Waals surface area contributed by atoms with Crippen LogP contribution in [0.2, 0.25) is 0 Å². The van der Waals surface area contributed by atoms with Crippen LogP contribution in [-0.2, 0) is 25.7 Å². The number of ether oxygens (including phenoxy) is 2. The average Bonchev–Trinajstić information content (AvgIpc) is 2.57. The van der Waals surface area contributed by atoms with E-state index < -0.39 is 23.0 Å². The predicted molar refractivity (Wildman–Crippen MR) is 83.4 cm³/mol. The molecule has 2 N–H and O–H groups in total. The van der Waals surface area contributed by atoms with Gasteiger partial charge in [0.2, 0.25) is 5.91 Å². The SMILES string of the molecule is CC(=O)OCCC1NC(=O)C1NC(=O)OCc1ccccc1[N+](=O)[O-]. The maximum absolute atomic E-state index is 11.8. The maximum Gasteiger partial charge on any atom is 0.408 e. The van der Waals surface area contributed by atoms with E-state index in [4.69, 9.17) is 9.47 Å². The van der Waals surface area contributed by atoms with E-state index in [1.165, 1.54) is 25.1 Å². The van der Waals surface area contributed by atoms with Crippen LogP contribution in [0, 0.1) is 10.1 Å². The van der Waals surface area contributed by atoms with E-state index in [1.54, 1.807) is 6.07 Å². The Labute approximate surface area is 142 Å². The molecule has 1 aliphatic heterocycles. The van der Waals surface area contributed by atoms with Crippen LogP contribution in [0.4, 0.5) is 10.5 Å². The summed E-state index contributed by atoms with van der Waals surface area (Å²) < 4.78 is 9.72. The third-order valence-corrected chi connectivity index (χ3v) is 3.57. The summed E-state index contributed by atoms with van der Waals surface area (Å²) in [7, 11) is 0. The first-order valence-electron chi connectivity index (χ1n) is 7.48. The lowest BCUT2D eigenvalue weighted by atomic mass is 9.96. The molecule has 0 radical (unpaired) electrons. The van der Waals surface area contributed by atoms with Gasteiger partial charge in [-0.05, 0) is 6.07 Å². The molecule has 0 saturated carbocycles. The van der Waals surface area contributed by atoms with E-state index in [-0.39, 0.29) is 36.4 Å². The van der Waals surface area contributed by atoms with Crippen molar-refractivity contribution in [3.63, 3.8) is 0 Å². The zero-order valence-electron chi connectivity index (χ0n) is 13.4. The smallest absolute Gasteiger partial charge is 0.408 e. The zero-order chi connectivity index (χ0) is 18.4. The van der Waals surface area contributed by atoms with Gasteiger partial charge in [0.1, 0.15) is 12.6 Å². The van der Waals surface area contributed by atoms with E-state index in [2.05, 4.69) is 10.6 Å². The predicted octanol–water partition coefficient (Wildman–Crippen LogP) is 0.641. The third-order valence-electron chi connectivity index (χ3n) is 3.57. The van der Waals surface area contributed by atoms with Crippen molar-refractivity contribution in [1.29, 1.82) is 0 Å². The number of nitro benzene ring substituents is 1. The molecular formula is C15H17N3O7. The first-order chi connectivity index (χ1) is 11.9. The van der Waals surface area contributed by atoms with Crippen molar-refractivity contribution in [2.45, 2.75) is 32.0 Å². The number of nitro groups is 1. The molecule has 134 valence electrons. The van der Waals surface area contributed by atoms with Gasteiger partial charge in [-0.1, -0.05) is 12.1 Å². The van der Waals surface area contributed by atoms with Crippen molar-refractivity contribution in [3.05, 3.63) is 39.9 Å². The van der Waals surface area contributed by atoms with Crippen LogP contribution in [0.25, 0.3) is 0 Å². The van der Waals surface area contributed by atoms with Gasteiger partial charge in [-0.15, -0.1) is 0 Å². The lowest BCUT2D eigenvalue weighted by Gasteiger charge is -2.36. The number of nitrogens with zero attached hydrogens (tertiary/aromatic N) is 1. The van der Waals surface area contributed by atoms with Crippen molar-refractivity contribution in [2.24, 2.45) is 0 Å². The van der Waals surface area contributed by atoms with Gasteiger partial charge in [0.15, 0.2) is 0 Å². The Kier molecular flexibility index (Phi) is 5.88. The molecule has 10 nitrogen and oxygen atoms in total. The molecule has 1 heterocycles. The van der Waals surface area contributed by atoms with Crippen molar-refractivity contribution < 1.29 is 28.8 Å². The van der Waals surface area contributed by atoms with Crippen molar-refractivity contribution >= 4 is 23.7 Å². The number of carbonyl (C=O) groups excluding carboxylic acids is 3. The van der Waals surface area contributed by atoms with E-state index in [9.17, 15) is 24.5 Å². The molecule has 10 heteroatoms. The molecule has 1 aromatic rings. The molecule has 1 aromatic carbocycles. The van der Waals surface area contributed by atoms with E-state index in [0.717, 1.165) is 0 Å². The fraction of sp³-hybridized carbons (Fsp3) is 0.400. The number of para-hydroxylation sites is 1. The quantitative estimate of drug-likeness (QED) is 0.318. The summed E-state index contributed by atoms with van der Waals surface area (Å²) in [6.07, 6.45) is -0.518. The van der Waals surface area contributed by atoms with Gasteiger partial charge in [0.05, 0.1) is 23.1 Å². The molecule has 2 amide bonds. The summed E-state index contributed by atoms with van der Waals surface area (Å²) in [6, 6.07) is 4.71. The second kappa shape index (κ2) is 8.08. The highest BCUT2D eigenvalue weighted by Crippen LogP contribution is 2.18. The maximum atomic E-state index is 11.8. The molecule has 2 atom stereocenters. The van der Waals surface area contributed by atoms with E-state index >= 15 is 0 Å². The van der Waals surface area contributed by atoms with Crippen LogP contribution in [0.5, 0.6) is 0 Å². The number of rotatable bonds is 7. The number of amides is 2. The van der Waals surface area contributed by atoms with Crippen LogP contribution in [-0.4, -0.2) is 41.6 Å². The second-order valence-corrected chi connectivity index (χ2v) is 5.33. The van der Waals surface area contributed by atoms with Crippen LogP contribution in [0.1, 0.15) is 18.9 Å². The molecule has 0 aliphatic carbocycles. The highest BCUT2D eigenvalue weighted by Gasteiger charge is 2.40. The largest absolute Gasteiger partial charge is 0.466 e. The lowest BCUT2D eigenvalue weighted by molar-refractivity contribution is -0.385. The van der Waals surface area contributed by atoms with Gasteiger partial charge in [0, 0.05) is 19.4 Å². The minimum absolute atomic E-state index is 0.115. The number of esters is 1. The molecule has 0 spiro atoms. The number of nitrogens with one attached hydrogen (secondary N) is 2. The Morgan fingerprint density at radius 2 is 2.04 bits per heavy atom. The molecule has 2 rings (SSSR count). The molecule has 25 heavy (non-hydrogen) atoms. The molecule has 1 fully saturated rings. The van der Waals surface area contributed by atoms with E-state index in [0.29, 0.717) is 6.42 Å². The minimum Gasteiger partial charge on any atom is -0.466 e. The molecular weight excluding hydrogens is 334 g/mol. The summed E-state index contributed by atoms with van der Waals surface area (Å²) in [4.78, 5) is 44.3.